The van der Waals surface area contributed by atoms with Crippen molar-refractivity contribution >= 4 is 0 Å². The van der Waals surface area contributed by atoms with Crippen molar-refractivity contribution in [2.24, 2.45) is 5.73 Å². The molecule has 1 atom stereocenters. The number of ether oxygens (including phenoxy) is 1. The first-order valence-corrected chi connectivity index (χ1v) is 4.04. The first kappa shape index (κ1) is 12.3. The molecule has 0 saturated heterocycles. The summed E-state index contributed by atoms with van der Waals surface area (Å²) in [5.41, 5.74) is 4.61. The Hall–Kier alpha value is -0.730. The van der Waals surface area contributed by atoms with E-state index in [0.29, 0.717) is 12.8 Å². The van der Waals surface area contributed by atoms with Crippen LogP contribution in [0.3, 0.4) is 0 Å². The zero-order chi connectivity index (χ0) is 10.3. The predicted octanol–water partition coefficient (Wildman–Crippen LogP) is 1.29. The van der Waals surface area contributed by atoms with E-state index in [1.165, 1.54) is 0 Å². The molecule has 0 amide bonds. The van der Waals surface area contributed by atoms with E-state index in [9.17, 15) is 8.78 Å². The maximum atomic E-state index is 11.6. The van der Waals surface area contributed by atoms with Gasteiger partial charge in [0.2, 0.25) is 0 Å². The molecule has 0 bridgehead atoms. The van der Waals surface area contributed by atoms with Gasteiger partial charge in [0.05, 0.1) is 6.07 Å². The summed E-state index contributed by atoms with van der Waals surface area (Å²) in [5, 5.41) is 8.50. The number of nitrogens with zero attached hydrogens (tertiary/aromatic N) is 1. The Kier molecular flexibility index (Phi) is 5.51. The Labute approximate surface area is 76.5 Å². The summed E-state index contributed by atoms with van der Waals surface area (Å²) in [6.07, 6.45) is -1.46. The SMILES string of the molecule is CC(N)(C#N)CCCOCC(F)F. The van der Waals surface area contributed by atoms with Crippen LogP contribution in [0.25, 0.3) is 0 Å². The van der Waals surface area contributed by atoms with Crippen LogP contribution in [0.4, 0.5) is 8.78 Å². The van der Waals surface area contributed by atoms with Gasteiger partial charge in [0.25, 0.3) is 6.43 Å². The average molecular weight is 192 g/mol. The van der Waals surface area contributed by atoms with Crippen molar-refractivity contribution in [3.63, 3.8) is 0 Å². The van der Waals surface area contributed by atoms with Gasteiger partial charge in [-0.3, -0.25) is 0 Å². The number of halogens is 2. The highest BCUT2D eigenvalue weighted by molar-refractivity contribution is 5.00. The Morgan fingerprint density at radius 1 is 1.62 bits per heavy atom. The quantitative estimate of drug-likeness (QED) is 0.645. The summed E-state index contributed by atoms with van der Waals surface area (Å²) in [6, 6.07) is 1.92. The lowest BCUT2D eigenvalue weighted by molar-refractivity contribution is 0.0156. The number of rotatable bonds is 6. The molecule has 0 saturated carbocycles. The highest BCUT2D eigenvalue weighted by Gasteiger charge is 2.16. The van der Waals surface area contributed by atoms with Crippen LogP contribution in [-0.4, -0.2) is 25.2 Å². The lowest BCUT2D eigenvalue weighted by Gasteiger charge is -2.14. The van der Waals surface area contributed by atoms with Gasteiger partial charge in [-0.15, -0.1) is 0 Å². The largest absolute Gasteiger partial charge is 0.376 e. The molecular weight excluding hydrogens is 178 g/mol. The Bertz CT molecular complexity index is 177. The average Bonchev–Trinajstić information content (AvgIpc) is 2.03. The molecule has 0 rings (SSSR count). The van der Waals surface area contributed by atoms with Gasteiger partial charge in [0.1, 0.15) is 12.1 Å². The molecule has 0 heterocycles. The molecule has 0 aliphatic rings. The summed E-state index contributed by atoms with van der Waals surface area (Å²) >= 11 is 0. The van der Waals surface area contributed by atoms with Gasteiger partial charge in [-0.05, 0) is 19.8 Å². The van der Waals surface area contributed by atoms with Crippen LogP contribution in [0, 0.1) is 11.3 Å². The van der Waals surface area contributed by atoms with Crippen molar-refractivity contribution in [1.29, 1.82) is 5.26 Å². The van der Waals surface area contributed by atoms with Crippen LogP contribution >= 0.6 is 0 Å². The van der Waals surface area contributed by atoms with Crippen molar-refractivity contribution in [3.05, 3.63) is 0 Å². The van der Waals surface area contributed by atoms with E-state index in [0.717, 1.165) is 0 Å². The molecule has 13 heavy (non-hydrogen) atoms. The van der Waals surface area contributed by atoms with Gasteiger partial charge < -0.3 is 10.5 Å². The summed E-state index contributed by atoms with van der Waals surface area (Å²) in [7, 11) is 0. The minimum Gasteiger partial charge on any atom is -0.376 e. The van der Waals surface area contributed by atoms with Crippen molar-refractivity contribution < 1.29 is 13.5 Å². The van der Waals surface area contributed by atoms with Crippen molar-refractivity contribution in [2.45, 2.75) is 31.7 Å². The zero-order valence-corrected chi connectivity index (χ0v) is 7.59. The molecule has 0 aliphatic heterocycles. The lowest BCUT2D eigenvalue weighted by atomic mass is 10.00. The molecular formula is C8H14F2N2O. The third-order valence-electron chi connectivity index (χ3n) is 1.48. The summed E-state index contributed by atoms with van der Waals surface area (Å²) < 4.78 is 27.7. The lowest BCUT2D eigenvalue weighted by Crippen LogP contribution is -2.34. The van der Waals surface area contributed by atoms with Crippen LogP contribution in [-0.2, 0) is 4.74 Å². The predicted molar refractivity (Wildman–Crippen MR) is 44.3 cm³/mol. The minimum atomic E-state index is -2.43. The smallest absolute Gasteiger partial charge is 0.261 e. The number of alkyl halides is 2. The van der Waals surface area contributed by atoms with E-state index in [1.54, 1.807) is 6.92 Å². The molecule has 2 N–H and O–H groups in total. The maximum absolute atomic E-state index is 11.6. The topological polar surface area (TPSA) is 59.0 Å². The van der Waals surface area contributed by atoms with Gasteiger partial charge >= 0.3 is 0 Å². The van der Waals surface area contributed by atoms with Gasteiger partial charge in [0.15, 0.2) is 0 Å². The molecule has 1 unspecified atom stereocenters. The monoisotopic (exact) mass is 192 g/mol. The van der Waals surface area contributed by atoms with Crippen molar-refractivity contribution in [1.82, 2.24) is 0 Å². The molecule has 0 fully saturated rings. The summed E-state index contributed by atoms with van der Waals surface area (Å²) in [5.74, 6) is 0. The molecule has 0 aromatic carbocycles. The third-order valence-corrected chi connectivity index (χ3v) is 1.48. The number of nitriles is 1. The second kappa shape index (κ2) is 5.84. The molecule has 3 nitrogen and oxygen atoms in total. The van der Waals surface area contributed by atoms with Crippen molar-refractivity contribution in [2.75, 3.05) is 13.2 Å². The Balaban J connectivity index is 3.32. The fourth-order valence-electron chi connectivity index (χ4n) is 0.770. The van der Waals surface area contributed by atoms with Gasteiger partial charge in [-0.2, -0.15) is 5.26 Å². The Morgan fingerprint density at radius 3 is 2.69 bits per heavy atom. The highest BCUT2D eigenvalue weighted by atomic mass is 19.3. The summed E-state index contributed by atoms with van der Waals surface area (Å²) in [6.45, 7) is 1.27. The van der Waals surface area contributed by atoms with Crippen LogP contribution in [0.15, 0.2) is 0 Å². The van der Waals surface area contributed by atoms with Crippen LogP contribution in [0.1, 0.15) is 19.8 Å². The van der Waals surface area contributed by atoms with Gasteiger partial charge in [-0.25, -0.2) is 8.78 Å². The molecule has 0 aromatic heterocycles. The van der Waals surface area contributed by atoms with E-state index in [4.69, 9.17) is 11.0 Å². The Morgan fingerprint density at radius 2 is 2.23 bits per heavy atom. The number of hydrogen-bond acceptors (Lipinski definition) is 3. The van der Waals surface area contributed by atoms with E-state index < -0.39 is 18.6 Å². The zero-order valence-electron chi connectivity index (χ0n) is 7.59. The molecule has 0 aromatic rings. The minimum absolute atomic E-state index is 0.221. The van der Waals surface area contributed by atoms with Gasteiger partial charge in [0, 0.05) is 6.61 Å². The number of hydrogen-bond donors (Lipinski definition) is 1. The van der Waals surface area contributed by atoms with E-state index in [1.807, 2.05) is 6.07 Å². The van der Waals surface area contributed by atoms with Gasteiger partial charge in [-0.1, -0.05) is 0 Å². The first-order valence-electron chi connectivity index (χ1n) is 4.04. The van der Waals surface area contributed by atoms with Crippen LogP contribution < -0.4 is 5.73 Å². The fourth-order valence-corrected chi connectivity index (χ4v) is 0.770. The second-order valence-corrected chi connectivity index (χ2v) is 3.10. The van der Waals surface area contributed by atoms with Crippen LogP contribution in [0.2, 0.25) is 0 Å². The summed E-state index contributed by atoms with van der Waals surface area (Å²) in [4.78, 5) is 0. The second-order valence-electron chi connectivity index (χ2n) is 3.10. The third kappa shape index (κ3) is 7.62. The molecule has 76 valence electrons. The number of nitrogens with two attached hydrogens (primary N) is 1. The normalized spacial score (nSPS) is 15.4. The van der Waals surface area contributed by atoms with Crippen molar-refractivity contribution in [3.8, 4) is 6.07 Å². The standard InChI is InChI=1S/C8H14F2N2O/c1-8(12,6-11)3-2-4-13-5-7(9)10/h7H,2-5,12H2,1H3. The fraction of sp³-hybridized carbons (Fsp3) is 0.875. The molecule has 0 spiro atoms. The van der Waals surface area contributed by atoms with E-state index in [-0.39, 0.29) is 6.61 Å². The van der Waals surface area contributed by atoms with E-state index >= 15 is 0 Å². The molecule has 0 radical (unpaired) electrons. The van der Waals surface area contributed by atoms with Crippen LogP contribution in [0.5, 0.6) is 0 Å². The first-order chi connectivity index (χ1) is 5.98. The molecule has 5 heteroatoms. The maximum Gasteiger partial charge on any atom is 0.261 e. The molecule has 0 aliphatic carbocycles. The highest BCUT2D eigenvalue weighted by Crippen LogP contribution is 2.07. The van der Waals surface area contributed by atoms with E-state index in [2.05, 4.69) is 4.74 Å².